The van der Waals surface area contributed by atoms with E-state index in [1.165, 1.54) is 0 Å². The monoisotopic (exact) mass is 649 g/mol. The maximum Gasteiger partial charge on any atom is 0.410 e. The summed E-state index contributed by atoms with van der Waals surface area (Å²) in [5.41, 5.74) is 1.53. The van der Waals surface area contributed by atoms with Crippen LogP contribution in [0.4, 0.5) is 10.6 Å². The van der Waals surface area contributed by atoms with Crippen molar-refractivity contribution in [3.8, 4) is 11.8 Å². The van der Waals surface area contributed by atoms with Gasteiger partial charge in [0.05, 0.1) is 46.7 Å². The van der Waals surface area contributed by atoms with E-state index in [1.54, 1.807) is 23.1 Å². The third-order valence-corrected chi connectivity index (χ3v) is 9.78. The Morgan fingerprint density at radius 3 is 2.24 bits per heavy atom. The summed E-state index contributed by atoms with van der Waals surface area (Å²) in [5, 5.41) is 9.50. The SMILES string of the molecule is CC(C)(C)OC(=O)N1CCC(OC2CCN(c3ccc4c(n3)CN(C3CCC(Oc5ccc(C#N)c(Cl)c5)CC3)C4=O)CC2)CC1. The lowest BCUT2D eigenvalue weighted by molar-refractivity contribution is -0.0536. The molecule has 246 valence electrons. The van der Waals surface area contributed by atoms with Crippen LogP contribution in [0.2, 0.25) is 5.02 Å². The number of hydrogen-bond acceptors (Lipinski definition) is 8. The number of likely N-dealkylation sites (tertiary alicyclic amines) is 1. The minimum absolute atomic E-state index is 0.0574. The average Bonchev–Trinajstić information content (AvgIpc) is 3.37. The van der Waals surface area contributed by atoms with E-state index < -0.39 is 5.60 Å². The second-order valence-electron chi connectivity index (χ2n) is 13.9. The van der Waals surface area contributed by atoms with E-state index in [2.05, 4.69) is 11.0 Å². The Labute approximate surface area is 276 Å². The number of anilines is 1. The van der Waals surface area contributed by atoms with Crippen LogP contribution in [0.15, 0.2) is 30.3 Å². The van der Waals surface area contributed by atoms with Gasteiger partial charge in [0.1, 0.15) is 23.2 Å². The lowest BCUT2D eigenvalue weighted by Gasteiger charge is -2.37. The number of rotatable bonds is 6. The molecule has 10 nitrogen and oxygen atoms in total. The van der Waals surface area contributed by atoms with Crippen molar-refractivity contribution in [1.29, 1.82) is 5.26 Å². The van der Waals surface area contributed by atoms with Gasteiger partial charge in [0.25, 0.3) is 5.91 Å². The molecule has 6 rings (SSSR count). The van der Waals surface area contributed by atoms with Gasteiger partial charge in [0.2, 0.25) is 0 Å². The fourth-order valence-corrected chi connectivity index (χ4v) is 7.20. The molecule has 0 radical (unpaired) electrons. The quantitative estimate of drug-likeness (QED) is 0.357. The molecule has 1 aromatic carbocycles. The van der Waals surface area contributed by atoms with E-state index in [-0.39, 0.29) is 36.4 Å². The summed E-state index contributed by atoms with van der Waals surface area (Å²) in [6.07, 6.45) is 7.14. The fourth-order valence-electron chi connectivity index (χ4n) is 6.99. The number of carbonyl (C=O) groups is 2. The van der Waals surface area contributed by atoms with E-state index >= 15 is 0 Å². The number of pyridine rings is 1. The van der Waals surface area contributed by atoms with Crippen molar-refractivity contribution in [1.82, 2.24) is 14.8 Å². The highest BCUT2D eigenvalue weighted by Crippen LogP contribution is 2.34. The largest absolute Gasteiger partial charge is 0.490 e. The Bertz CT molecular complexity index is 1460. The molecule has 1 aromatic heterocycles. The van der Waals surface area contributed by atoms with Gasteiger partial charge in [-0.1, -0.05) is 11.6 Å². The van der Waals surface area contributed by atoms with Gasteiger partial charge in [-0.15, -0.1) is 0 Å². The summed E-state index contributed by atoms with van der Waals surface area (Å²) in [6, 6.07) is 11.3. The highest BCUT2D eigenvalue weighted by atomic mass is 35.5. The van der Waals surface area contributed by atoms with Crippen LogP contribution in [0.3, 0.4) is 0 Å². The smallest absolute Gasteiger partial charge is 0.410 e. The topological polar surface area (TPSA) is 108 Å². The number of halogens is 1. The zero-order valence-electron chi connectivity index (χ0n) is 27.0. The van der Waals surface area contributed by atoms with Gasteiger partial charge in [-0.25, -0.2) is 9.78 Å². The molecule has 1 saturated carbocycles. The number of piperidine rings is 2. The number of nitriles is 1. The van der Waals surface area contributed by atoms with Crippen LogP contribution >= 0.6 is 11.6 Å². The Hall–Kier alpha value is -3.55. The van der Waals surface area contributed by atoms with Crippen LogP contribution in [0.1, 0.15) is 93.8 Å². The summed E-state index contributed by atoms with van der Waals surface area (Å²) < 4.78 is 18.1. The maximum atomic E-state index is 13.4. The third kappa shape index (κ3) is 7.53. The number of amides is 2. The first-order chi connectivity index (χ1) is 22.1. The van der Waals surface area contributed by atoms with Crippen molar-refractivity contribution in [2.24, 2.45) is 0 Å². The molecule has 0 unspecified atom stereocenters. The van der Waals surface area contributed by atoms with E-state index in [0.29, 0.717) is 41.5 Å². The molecule has 2 aromatic rings. The predicted molar refractivity (Wildman–Crippen MR) is 174 cm³/mol. The second-order valence-corrected chi connectivity index (χ2v) is 14.3. The van der Waals surface area contributed by atoms with Crippen LogP contribution in [-0.2, 0) is 16.0 Å². The molecule has 11 heteroatoms. The van der Waals surface area contributed by atoms with Gasteiger partial charge >= 0.3 is 6.09 Å². The molecule has 2 saturated heterocycles. The Balaban J connectivity index is 0.950. The number of ether oxygens (including phenoxy) is 3. The maximum absolute atomic E-state index is 13.4. The van der Waals surface area contributed by atoms with Crippen LogP contribution in [0, 0.1) is 11.3 Å². The van der Waals surface area contributed by atoms with Crippen LogP contribution < -0.4 is 9.64 Å². The summed E-state index contributed by atoms with van der Waals surface area (Å²) >= 11 is 6.17. The molecule has 2 amide bonds. The standard InChI is InChI=1S/C35H44ClN5O5/c1-35(2,3)46-34(43)40-18-14-27(15-19-40)44-26-12-16-39(17-13-26)32-11-10-29-31(38-32)22-41(33(29)42)24-5-8-25(9-6-24)45-28-7-4-23(21-37)30(36)20-28/h4,7,10-11,20,24-27H,5-6,8-9,12-19,22H2,1-3H3. The van der Waals surface area contributed by atoms with Crippen molar-refractivity contribution < 1.29 is 23.8 Å². The first kappa shape index (κ1) is 32.4. The normalized spacial score (nSPS) is 22.8. The van der Waals surface area contributed by atoms with Crippen LogP contribution in [0.5, 0.6) is 5.75 Å². The van der Waals surface area contributed by atoms with E-state index in [0.717, 1.165) is 76.0 Å². The first-order valence-corrected chi connectivity index (χ1v) is 17.0. The molecule has 1 aliphatic carbocycles. The van der Waals surface area contributed by atoms with Gasteiger partial charge in [-0.2, -0.15) is 5.26 Å². The molecular weight excluding hydrogens is 606 g/mol. The number of nitrogens with zero attached hydrogens (tertiary/aromatic N) is 5. The minimum Gasteiger partial charge on any atom is -0.490 e. The van der Waals surface area contributed by atoms with Crippen LogP contribution in [-0.4, -0.2) is 82.9 Å². The highest BCUT2D eigenvalue weighted by molar-refractivity contribution is 6.31. The van der Waals surface area contributed by atoms with Gasteiger partial charge < -0.3 is 28.9 Å². The van der Waals surface area contributed by atoms with Crippen molar-refractivity contribution in [3.63, 3.8) is 0 Å². The molecule has 46 heavy (non-hydrogen) atoms. The average molecular weight is 650 g/mol. The van der Waals surface area contributed by atoms with Crippen molar-refractivity contribution in [2.45, 2.75) is 109 Å². The third-order valence-electron chi connectivity index (χ3n) is 9.46. The molecule has 3 fully saturated rings. The molecule has 0 bridgehead atoms. The van der Waals surface area contributed by atoms with E-state index in [9.17, 15) is 9.59 Å². The number of fused-ring (bicyclic) bond motifs is 1. The lowest BCUT2D eigenvalue weighted by atomic mass is 9.92. The van der Waals surface area contributed by atoms with Gasteiger partial charge in [0.15, 0.2) is 0 Å². The summed E-state index contributed by atoms with van der Waals surface area (Å²) in [5.74, 6) is 1.67. The molecule has 0 atom stereocenters. The fraction of sp³-hybridized carbons (Fsp3) is 0.600. The van der Waals surface area contributed by atoms with Crippen molar-refractivity contribution >= 4 is 29.4 Å². The highest BCUT2D eigenvalue weighted by Gasteiger charge is 2.37. The molecule has 3 aliphatic heterocycles. The number of carbonyl (C=O) groups excluding carboxylic acids is 2. The zero-order valence-corrected chi connectivity index (χ0v) is 27.8. The molecule has 0 N–H and O–H groups in total. The summed E-state index contributed by atoms with van der Waals surface area (Å²) in [4.78, 5) is 36.8. The van der Waals surface area contributed by atoms with Gasteiger partial charge in [-0.3, -0.25) is 4.79 Å². The summed E-state index contributed by atoms with van der Waals surface area (Å²) in [6.45, 7) is 9.27. The Kier molecular flexibility index (Phi) is 9.62. The minimum atomic E-state index is -0.484. The van der Waals surface area contributed by atoms with Crippen LogP contribution in [0.25, 0.3) is 0 Å². The van der Waals surface area contributed by atoms with Crippen molar-refractivity contribution in [3.05, 3.63) is 52.2 Å². The molecule has 4 aliphatic rings. The first-order valence-electron chi connectivity index (χ1n) is 16.6. The summed E-state index contributed by atoms with van der Waals surface area (Å²) in [7, 11) is 0. The Morgan fingerprint density at radius 1 is 0.935 bits per heavy atom. The molecule has 4 heterocycles. The Morgan fingerprint density at radius 2 is 1.61 bits per heavy atom. The predicted octanol–water partition coefficient (Wildman–Crippen LogP) is 6.34. The van der Waals surface area contributed by atoms with Crippen molar-refractivity contribution in [2.75, 3.05) is 31.1 Å². The van der Waals surface area contributed by atoms with Gasteiger partial charge in [0, 0.05) is 38.3 Å². The zero-order chi connectivity index (χ0) is 32.4. The molecule has 0 spiro atoms. The van der Waals surface area contributed by atoms with E-state index in [1.807, 2.05) is 37.8 Å². The lowest BCUT2D eigenvalue weighted by Crippen LogP contribution is -2.45. The van der Waals surface area contributed by atoms with E-state index in [4.69, 9.17) is 36.1 Å². The number of hydrogen-bond donors (Lipinski definition) is 0. The second kappa shape index (κ2) is 13.7. The molecular formula is C35H44ClN5O5. The van der Waals surface area contributed by atoms with Gasteiger partial charge in [-0.05, 0) is 96.4 Å². The number of benzene rings is 1. The number of aromatic nitrogens is 1.